The third kappa shape index (κ3) is 9.95. The molecule has 2 atom stereocenters. The monoisotopic (exact) mass is 753 g/mol. The molecule has 3 aromatic carbocycles. The number of aliphatic hydroxyl groups is 1. The van der Waals surface area contributed by atoms with E-state index in [1.165, 1.54) is 51.7 Å². The van der Waals surface area contributed by atoms with Crippen LogP contribution in [0, 0.1) is 0 Å². The molecule has 53 heavy (non-hydrogen) atoms. The normalized spacial score (nSPS) is 14.9. The van der Waals surface area contributed by atoms with E-state index in [0.29, 0.717) is 29.6 Å². The first-order valence-electron chi connectivity index (χ1n) is 17.2. The summed E-state index contributed by atoms with van der Waals surface area (Å²) in [6.07, 6.45) is 0.735. The van der Waals surface area contributed by atoms with Crippen LogP contribution in [0.5, 0.6) is 17.2 Å². The number of fused-ring (bicyclic) bond motifs is 1. The number of hydroxylamine groups is 1. The summed E-state index contributed by atoms with van der Waals surface area (Å²) in [6, 6.07) is 15.5. The summed E-state index contributed by atoms with van der Waals surface area (Å²) in [5.74, 6) is 0.440. The second-order valence-electron chi connectivity index (χ2n) is 13.6. The number of aliphatic hydroxyl groups excluding tert-OH is 1. The number of anilines is 1. The molecule has 1 heterocycles. The van der Waals surface area contributed by atoms with Crippen LogP contribution in [0.3, 0.4) is 0 Å². The molecule has 0 unspecified atom stereocenters. The van der Waals surface area contributed by atoms with Gasteiger partial charge in [0.25, 0.3) is 15.9 Å². The van der Waals surface area contributed by atoms with Crippen molar-refractivity contribution in [3.63, 3.8) is 0 Å². The van der Waals surface area contributed by atoms with Crippen molar-refractivity contribution in [2.24, 2.45) is 0 Å². The van der Waals surface area contributed by atoms with Gasteiger partial charge < -0.3 is 34.4 Å². The van der Waals surface area contributed by atoms with Crippen molar-refractivity contribution in [1.82, 2.24) is 19.8 Å². The van der Waals surface area contributed by atoms with Crippen LogP contribution in [0.15, 0.2) is 65.6 Å². The molecule has 1 aromatic heterocycles. The molecule has 1 saturated carbocycles. The van der Waals surface area contributed by atoms with Crippen molar-refractivity contribution in [3.8, 4) is 17.2 Å². The fraction of sp³-hybridized carbons (Fsp3) is 0.432. The molecular formula is C37H47N5O10S. The van der Waals surface area contributed by atoms with Crippen molar-refractivity contribution in [2.45, 2.75) is 81.6 Å². The highest BCUT2D eigenvalue weighted by Gasteiger charge is 2.35. The summed E-state index contributed by atoms with van der Waals surface area (Å²) in [7, 11) is -0.0508. The van der Waals surface area contributed by atoms with Gasteiger partial charge >= 0.3 is 6.09 Å². The van der Waals surface area contributed by atoms with Crippen LogP contribution in [0.25, 0.3) is 11.0 Å². The maximum absolute atomic E-state index is 14.3. The predicted octanol–water partition coefficient (Wildman–Crippen LogP) is 5.20. The Morgan fingerprint density at radius 3 is 2.25 bits per heavy atom. The van der Waals surface area contributed by atoms with E-state index in [2.05, 4.69) is 20.6 Å². The summed E-state index contributed by atoms with van der Waals surface area (Å²) in [5, 5.41) is 17.0. The number of nitrogens with one attached hydrogen (secondary N) is 3. The first-order chi connectivity index (χ1) is 25.2. The molecule has 0 radical (unpaired) electrons. The number of carbonyl (C=O) groups excluding carboxylic acids is 2. The van der Waals surface area contributed by atoms with Gasteiger partial charge in [-0.2, -0.15) is 0 Å². The van der Waals surface area contributed by atoms with Crippen LogP contribution in [-0.2, 0) is 26.0 Å². The lowest BCUT2D eigenvalue weighted by Crippen LogP contribution is -2.51. The van der Waals surface area contributed by atoms with Crippen LogP contribution < -0.4 is 24.8 Å². The molecular weight excluding hydrogens is 706 g/mol. The first-order valence-corrected chi connectivity index (χ1v) is 18.7. The molecule has 1 fully saturated rings. The van der Waals surface area contributed by atoms with Crippen molar-refractivity contribution in [1.29, 1.82) is 0 Å². The van der Waals surface area contributed by atoms with E-state index in [0.717, 1.165) is 22.9 Å². The van der Waals surface area contributed by atoms with Gasteiger partial charge in [0.15, 0.2) is 11.5 Å². The summed E-state index contributed by atoms with van der Waals surface area (Å²) in [6.45, 7) is 4.69. The van der Waals surface area contributed by atoms with Crippen LogP contribution in [0.4, 0.5) is 10.7 Å². The number of amides is 2. The molecule has 0 aliphatic heterocycles. The standard InChI is InChI=1S/C37H47N5O10S/c1-37(2,3)51-36(45)40-29(18-23-12-8-7-9-13-23)30(43)22-42(52-25-14-10-11-15-25)53(46,47)26-16-17-27-28(21-26)39-35(38-27)41-34(44)24-19-31(48-4)33(50-6)32(20-24)49-5/h7-9,12-13,16-17,19-21,25,29-30,43H,10-11,14-15,18,22H2,1-6H3,(H,40,45)(H2,38,39,41,44)/t29-,30+/m0/s1. The van der Waals surface area contributed by atoms with Gasteiger partial charge in [0, 0.05) is 5.56 Å². The Morgan fingerprint density at radius 2 is 1.64 bits per heavy atom. The molecule has 2 amide bonds. The van der Waals surface area contributed by atoms with Crippen LogP contribution in [-0.4, -0.2) is 91.7 Å². The number of ether oxygens (including phenoxy) is 4. The number of rotatable bonds is 15. The zero-order chi connectivity index (χ0) is 38.3. The predicted molar refractivity (Wildman–Crippen MR) is 197 cm³/mol. The Labute approximate surface area is 308 Å². The summed E-state index contributed by atoms with van der Waals surface area (Å²) >= 11 is 0. The SMILES string of the molecule is COc1cc(C(=O)Nc2nc3ccc(S(=O)(=O)N(C[C@@H](O)[C@H](Cc4ccccc4)NC(=O)OC(C)(C)C)OC4CCCC4)cc3[nH]2)cc(OC)c1OC. The van der Waals surface area contributed by atoms with Crippen molar-refractivity contribution >= 4 is 39.0 Å². The Morgan fingerprint density at radius 1 is 0.981 bits per heavy atom. The smallest absolute Gasteiger partial charge is 0.407 e. The number of sulfonamides is 1. The average Bonchev–Trinajstić information content (AvgIpc) is 3.79. The van der Waals surface area contributed by atoms with Crippen molar-refractivity contribution < 1.29 is 46.9 Å². The van der Waals surface area contributed by atoms with Gasteiger partial charge in [0.2, 0.25) is 11.7 Å². The highest BCUT2D eigenvalue weighted by atomic mass is 32.2. The van der Waals surface area contributed by atoms with Gasteiger partial charge in [0.1, 0.15) is 5.60 Å². The van der Waals surface area contributed by atoms with Gasteiger partial charge in [-0.3, -0.25) is 14.9 Å². The maximum Gasteiger partial charge on any atom is 0.407 e. The minimum absolute atomic E-state index is 0.0692. The van der Waals surface area contributed by atoms with Crippen molar-refractivity contribution in [2.75, 3.05) is 33.2 Å². The largest absolute Gasteiger partial charge is 0.493 e. The zero-order valence-electron chi connectivity index (χ0n) is 30.7. The van der Waals surface area contributed by atoms with E-state index >= 15 is 0 Å². The average molecular weight is 754 g/mol. The van der Waals surface area contributed by atoms with E-state index < -0.39 is 46.3 Å². The van der Waals surface area contributed by atoms with Crippen LogP contribution in [0.2, 0.25) is 0 Å². The Kier molecular flexibility index (Phi) is 12.5. The molecule has 15 nitrogen and oxygen atoms in total. The lowest BCUT2D eigenvalue weighted by molar-refractivity contribution is -0.145. The number of imidazole rings is 1. The molecule has 0 spiro atoms. The highest BCUT2D eigenvalue weighted by molar-refractivity contribution is 7.89. The summed E-state index contributed by atoms with van der Waals surface area (Å²) < 4.78 is 50.8. The number of alkyl carbamates (subject to hydrolysis) is 1. The van der Waals surface area contributed by atoms with Crippen LogP contribution >= 0.6 is 0 Å². The molecule has 0 saturated heterocycles. The number of nitrogens with zero attached hydrogens (tertiary/aromatic N) is 2. The maximum atomic E-state index is 14.3. The fourth-order valence-electron chi connectivity index (χ4n) is 5.97. The minimum atomic E-state index is -4.39. The summed E-state index contributed by atoms with van der Waals surface area (Å²) in [5.41, 5.74) is 0.931. The molecule has 286 valence electrons. The third-order valence-electron chi connectivity index (χ3n) is 8.55. The number of methoxy groups -OCH3 is 3. The minimum Gasteiger partial charge on any atom is -0.493 e. The van der Waals surface area contributed by atoms with Gasteiger partial charge in [-0.05, 0) is 75.9 Å². The lowest BCUT2D eigenvalue weighted by Gasteiger charge is -2.31. The molecule has 0 bridgehead atoms. The quantitative estimate of drug-likeness (QED) is 0.117. The molecule has 5 rings (SSSR count). The lowest BCUT2D eigenvalue weighted by atomic mass is 10.0. The Bertz CT molecular complexity index is 1970. The first kappa shape index (κ1) is 39.3. The highest BCUT2D eigenvalue weighted by Crippen LogP contribution is 2.38. The molecule has 1 aliphatic rings. The number of carbonyl (C=O) groups is 2. The van der Waals surface area contributed by atoms with E-state index in [9.17, 15) is 23.1 Å². The number of aromatic amines is 1. The van der Waals surface area contributed by atoms with E-state index in [4.69, 9.17) is 23.8 Å². The van der Waals surface area contributed by atoms with E-state index in [-0.39, 0.29) is 40.4 Å². The van der Waals surface area contributed by atoms with Crippen LogP contribution in [0.1, 0.15) is 62.4 Å². The number of aromatic nitrogens is 2. The number of benzene rings is 3. The molecule has 1 aliphatic carbocycles. The number of H-pyrrole nitrogens is 1. The number of hydrogen-bond donors (Lipinski definition) is 4. The third-order valence-corrected chi connectivity index (χ3v) is 10.2. The van der Waals surface area contributed by atoms with Gasteiger partial charge in [-0.1, -0.05) is 47.6 Å². The Balaban J connectivity index is 1.40. The summed E-state index contributed by atoms with van der Waals surface area (Å²) in [4.78, 5) is 39.4. The Hall–Kier alpha value is -4.90. The zero-order valence-corrected chi connectivity index (χ0v) is 31.5. The van der Waals surface area contributed by atoms with Gasteiger partial charge in [-0.25, -0.2) is 18.2 Å². The number of hydrogen-bond acceptors (Lipinski definition) is 11. The molecule has 4 N–H and O–H groups in total. The van der Waals surface area contributed by atoms with Crippen molar-refractivity contribution in [3.05, 3.63) is 71.8 Å². The second kappa shape index (κ2) is 16.8. The molecule has 4 aromatic rings. The fourth-order valence-corrected chi connectivity index (χ4v) is 7.29. The van der Waals surface area contributed by atoms with Gasteiger partial charge in [0.05, 0.1) is 62.1 Å². The second-order valence-corrected chi connectivity index (χ2v) is 15.5. The van der Waals surface area contributed by atoms with E-state index in [1.807, 2.05) is 30.3 Å². The topological polar surface area (TPSA) is 191 Å². The van der Waals surface area contributed by atoms with E-state index in [1.54, 1.807) is 20.8 Å². The molecule has 16 heteroatoms. The van der Waals surface area contributed by atoms with Gasteiger partial charge in [-0.15, -0.1) is 0 Å².